The van der Waals surface area contributed by atoms with E-state index in [9.17, 15) is 0 Å². The molecule has 0 atom stereocenters. The molecule has 3 rings (SSSR count). The number of aromatic nitrogens is 1. The highest BCUT2D eigenvalue weighted by Gasteiger charge is 2.10. The van der Waals surface area contributed by atoms with Crippen LogP contribution < -0.4 is 4.80 Å². The van der Waals surface area contributed by atoms with E-state index in [-0.39, 0.29) is 0 Å². The monoisotopic (exact) mass is 347 g/mol. The van der Waals surface area contributed by atoms with Crippen LogP contribution in [0.4, 0.5) is 0 Å². The summed E-state index contributed by atoms with van der Waals surface area (Å²) in [4.78, 5) is 6.59. The Morgan fingerprint density at radius 3 is 2.91 bits per heavy atom. The predicted octanol–water partition coefficient (Wildman–Crippen LogP) is 3.69. The molecule has 3 aromatic heterocycles. The van der Waals surface area contributed by atoms with Crippen molar-refractivity contribution in [3.05, 3.63) is 51.9 Å². The number of nitrogens with zero attached hydrogens (tertiary/aromatic N) is 3. The van der Waals surface area contributed by atoms with E-state index < -0.39 is 0 Å². The van der Waals surface area contributed by atoms with Gasteiger partial charge in [-0.05, 0) is 30.5 Å². The van der Waals surface area contributed by atoms with Gasteiger partial charge in [-0.1, -0.05) is 6.07 Å². The highest BCUT2D eigenvalue weighted by atomic mass is 32.1. The highest BCUT2D eigenvalue weighted by molar-refractivity contribution is 7.14. The standard InChI is InChI=1S/C16H17N3O2S2/c1-12(14-5-3-8-21-14)18-19-13(15-6-4-10-22-15)11-23-16(19)17-7-9-20-2/h3-6,8,10-11H,7,9H2,1-2H3/b17-16?,18-12-. The number of rotatable bonds is 6. The van der Waals surface area contributed by atoms with Gasteiger partial charge in [0.2, 0.25) is 4.80 Å². The van der Waals surface area contributed by atoms with Crippen LogP contribution in [0.25, 0.3) is 10.6 Å². The Labute approximate surface area is 142 Å². The first-order valence-electron chi connectivity index (χ1n) is 7.13. The minimum atomic E-state index is 0.590. The number of hydrogen-bond acceptors (Lipinski definition) is 6. The largest absolute Gasteiger partial charge is 0.463 e. The fourth-order valence-electron chi connectivity index (χ4n) is 2.02. The zero-order chi connectivity index (χ0) is 16.1. The lowest BCUT2D eigenvalue weighted by molar-refractivity contribution is 0.207. The van der Waals surface area contributed by atoms with Gasteiger partial charge in [0.25, 0.3) is 0 Å². The first-order valence-corrected chi connectivity index (χ1v) is 8.89. The van der Waals surface area contributed by atoms with Crippen LogP contribution in [0, 0.1) is 0 Å². The Balaban J connectivity index is 2.06. The van der Waals surface area contributed by atoms with E-state index in [0.717, 1.165) is 26.8 Å². The fraction of sp³-hybridized carbons (Fsp3) is 0.250. The molecule has 0 radical (unpaired) electrons. The molecule has 0 aliphatic heterocycles. The zero-order valence-corrected chi connectivity index (χ0v) is 14.6. The van der Waals surface area contributed by atoms with E-state index in [2.05, 4.69) is 21.8 Å². The van der Waals surface area contributed by atoms with Gasteiger partial charge in [0.1, 0.15) is 11.5 Å². The summed E-state index contributed by atoms with van der Waals surface area (Å²) in [6.07, 6.45) is 1.65. The third kappa shape index (κ3) is 3.69. The molecule has 0 spiro atoms. The summed E-state index contributed by atoms with van der Waals surface area (Å²) in [5.74, 6) is 0.753. The summed E-state index contributed by atoms with van der Waals surface area (Å²) in [7, 11) is 1.67. The van der Waals surface area contributed by atoms with Crippen LogP contribution in [0.15, 0.2) is 55.8 Å². The summed E-state index contributed by atoms with van der Waals surface area (Å²) in [6.45, 7) is 3.13. The third-order valence-corrected chi connectivity index (χ3v) is 4.88. The molecular formula is C16H17N3O2S2. The van der Waals surface area contributed by atoms with E-state index in [0.29, 0.717) is 13.2 Å². The van der Waals surface area contributed by atoms with Gasteiger partial charge in [0.15, 0.2) is 0 Å². The van der Waals surface area contributed by atoms with Gasteiger partial charge < -0.3 is 9.15 Å². The van der Waals surface area contributed by atoms with E-state index >= 15 is 0 Å². The van der Waals surface area contributed by atoms with Gasteiger partial charge in [-0.15, -0.1) is 22.7 Å². The number of ether oxygens (including phenoxy) is 1. The molecule has 120 valence electrons. The van der Waals surface area contributed by atoms with Crippen molar-refractivity contribution in [1.82, 2.24) is 4.68 Å². The topological polar surface area (TPSA) is 52.0 Å². The molecular weight excluding hydrogens is 330 g/mol. The van der Waals surface area contributed by atoms with Gasteiger partial charge in [0.05, 0.1) is 30.0 Å². The van der Waals surface area contributed by atoms with Crippen molar-refractivity contribution in [2.24, 2.45) is 10.1 Å². The lowest BCUT2D eigenvalue weighted by atomic mass is 10.3. The molecule has 0 saturated carbocycles. The first kappa shape index (κ1) is 15.9. The minimum Gasteiger partial charge on any atom is -0.463 e. The van der Waals surface area contributed by atoms with Gasteiger partial charge in [0, 0.05) is 12.5 Å². The maximum Gasteiger partial charge on any atom is 0.206 e. The molecule has 0 bridgehead atoms. The van der Waals surface area contributed by atoms with Crippen molar-refractivity contribution in [3.63, 3.8) is 0 Å². The first-order chi connectivity index (χ1) is 11.3. The van der Waals surface area contributed by atoms with Gasteiger partial charge >= 0.3 is 0 Å². The second-order valence-electron chi connectivity index (χ2n) is 4.73. The molecule has 0 aliphatic carbocycles. The summed E-state index contributed by atoms with van der Waals surface area (Å²) >= 11 is 3.26. The molecule has 0 unspecified atom stereocenters. The number of thiophene rings is 1. The highest BCUT2D eigenvalue weighted by Crippen LogP contribution is 2.25. The Kier molecular flexibility index (Phi) is 5.22. The lowest BCUT2D eigenvalue weighted by Crippen LogP contribution is -2.15. The van der Waals surface area contributed by atoms with E-state index in [4.69, 9.17) is 14.3 Å². The lowest BCUT2D eigenvalue weighted by Gasteiger charge is -2.03. The van der Waals surface area contributed by atoms with Crippen LogP contribution in [0.2, 0.25) is 0 Å². The van der Waals surface area contributed by atoms with Crippen LogP contribution in [-0.4, -0.2) is 30.6 Å². The predicted molar refractivity (Wildman–Crippen MR) is 94.2 cm³/mol. The Hall–Kier alpha value is -1.96. The maximum atomic E-state index is 5.42. The molecule has 0 aliphatic rings. The fourth-order valence-corrected chi connectivity index (χ4v) is 3.67. The summed E-state index contributed by atoms with van der Waals surface area (Å²) < 4.78 is 12.4. The molecule has 0 aromatic carbocycles. The normalized spacial score (nSPS) is 13.0. The van der Waals surface area contributed by atoms with Crippen molar-refractivity contribution in [3.8, 4) is 10.6 Å². The summed E-state index contributed by atoms with van der Waals surface area (Å²) in [6, 6.07) is 7.88. The SMILES string of the molecule is COCCN=c1scc(-c2cccs2)n1/N=C(/C)c1ccco1. The molecule has 0 amide bonds. The molecule has 3 aromatic rings. The molecule has 23 heavy (non-hydrogen) atoms. The van der Waals surface area contributed by atoms with Crippen LogP contribution in [0.3, 0.4) is 0 Å². The smallest absolute Gasteiger partial charge is 0.206 e. The summed E-state index contributed by atoms with van der Waals surface area (Å²) in [5.41, 5.74) is 1.84. The van der Waals surface area contributed by atoms with Crippen molar-refractivity contribution in [1.29, 1.82) is 0 Å². The Morgan fingerprint density at radius 2 is 2.22 bits per heavy atom. The molecule has 3 heterocycles. The molecule has 7 heteroatoms. The average molecular weight is 347 g/mol. The number of thiazole rings is 1. The van der Waals surface area contributed by atoms with E-state index in [1.54, 1.807) is 36.0 Å². The van der Waals surface area contributed by atoms with Crippen LogP contribution >= 0.6 is 22.7 Å². The summed E-state index contributed by atoms with van der Waals surface area (Å²) in [5, 5.41) is 8.86. The van der Waals surface area contributed by atoms with Crippen molar-refractivity contribution < 1.29 is 9.15 Å². The quantitative estimate of drug-likeness (QED) is 0.504. The van der Waals surface area contributed by atoms with Crippen LogP contribution in [-0.2, 0) is 4.74 Å². The van der Waals surface area contributed by atoms with Gasteiger partial charge in [-0.2, -0.15) is 5.10 Å². The van der Waals surface area contributed by atoms with Crippen LogP contribution in [0.5, 0.6) is 0 Å². The van der Waals surface area contributed by atoms with Gasteiger partial charge in [-0.3, -0.25) is 4.99 Å². The number of hydrogen-bond donors (Lipinski definition) is 0. The molecule has 0 saturated heterocycles. The van der Waals surface area contributed by atoms with Gasteiger partial charge in [-0.25, -0.2) is 4.68 Å². The van der Waals surface area contributed by atoms with Crippen molar-refractivity contribution >= 4 is 28.4 Å². The van der Waals surface area contributed by atoms with E-state index in [1.807, 2.05) is 29.8 Å². The van der Waals surface area contributed by atoms with E-state index in [1.165, 1.54) is 0 Å². The Bertz CT molecular complexity index is 827. The number of furan rings is 1. The second kappa shape index (κ2) is 7.54. The Morgan fingerprint density at radius 1 is 1.30 bits per heavy atom. The van der Waals surface area contributed by atoms with Crippen molar-refractivity contribution in [2.45, 2.75) is 6.92 Å². The zero-order valence-electron chi connectivity index (χ0n) is 12.9. The molecule has 0 N–H and O–H groups in total. The third-order valence-electron chi connectivity index (χ3n) is 3.13. The molecule has 5 nitrogen and oxygen atoms in total. The molecule has 0 fully saturated rings. The second-order valence-corrected chi connectivity index (χ2v) is 6.51. The minimum absolute atomic E-state index is 0.590. The number of methoxy groups -OCH3 is 1. The van der Waals surface area contributed by atoms with Crippen LogP contribution in [0.1, 0.15) is 12.7 Å². The average Bonchev–Trinajstić information content (AvgIpc) is 3.29. The maximum absolute atomic E-state index is 5.42. The van der Waals surface area contributed by atoms with Crippen molar-refractivity contribution in [2.75, 3.05) is 20.3 Å².